The maximum atomic E-state index is 11.6. The number of amides is 1. The van der Waals surface area contributed by atoms with Gasteiger partial charge >= 0.3 is 0 Å². The zero-order valence-electron chi connectivity index (χ0n) is 8.95. The van der Waals surface area contributed by atoms with Crippen molar-refractivity contribution in [2.75, 3.05) is 26.8 Å². The van der Waals surface area contributed by atoms with Crippen molar-refractivity contribution in [2.24, 2.45) is 0 Å². The van der Waals surface area contributed by atoms with Crippen molar-refractivity contribution < 1.29 is 23.4 Å². The van der Waals surface area contributed by atoms with Gasteiger partial charge in [-0.3, -0.25) is 4.79 Å². The molecule has 1 atom stereocenters. The Kier molecular flexibility index (Phi) is 7.15. The number of nitrogens with zero attached hydrogens (tertiary/aromatic N) is 1. The third-order valence-corrected chi connectivity index (χ3v) is 1.67. The van der Waals surface area contributed by atoms with E-state index in [0.717, 1.165) is 0 Å². The van der Waals surface area contributed by atoms with Gasteiger partial charge in [0.05, 0.1) is 19.1 Å². The lowest BCUT2D eigenvalue weighted by atomic mass is 10.3. The van der Waals surface area contributed by atoms with Gasteiger partial charge in [0.25, 0.3) is 6.43 Å². The molecule has 90 valence electrons. The molecule has 0 bridgehead atoms. The lowest BCUT2D eigenvalue weighted by Crippen LogP contribution is -2.33. The number of hydrogen-bond acceptors (Lipinski definition) is 3. The number of alkyl halides is 2. The van der Waals surface area contributed by atoms with Gasteiger partial charge in [-0.15, -0.1) is 0 Å². The maximum absolute atomic E-state index is 11.6. The topological polar surface area (TPSA) is 49.8 Å². The van der Waals surface area contributed by atoms with Crippen LogP contribution in [0.1, 0.15) is 13.3 Å². The van der Waals surface area contributed by atoms with Gasteiger partial charge < -0.3 is 14.7 Å². The molecule has 0 aliphatic heterocycles. The van der Waals surface area contributed by atoms with Gasteiger partial charge in [-0.05, 0) is 6.92 Å². The van der Waals surface area contributed by atoms with Crippen molar-refractivity contribution in [2.45, 2.75) is 25.9 Å². The Hall–Kier alpha value is -0.750. The van der Waals surface area contributed by atoms with E-state index < -0.39 is 19.1 Å². The van der Waals surface area contributed by atoms with Gasteiger partial charge in [-0.25, -0.2) is 8.78 Å². The molecule has 0 radical (unpaired) electrons. The van der Waals surface area contributed by atoms with Crippen molar-refractivity contribution in [1.82, 2.24) is 4.90 Å². The molecule has 0 spiro atoms. The van der Waals surface area contributed by atoms with E-state index in [1.54, 1.807) is 14.0 Å². The Morgan fingerprint density at radius 1 is 1.53 bits per heavy atom. The Balaban J connectivity index is 3.56. The van der Waals surface area contributed by atoms with Crippen LogP contribution in [0.4, 0.5) is 8.78 Å². The average molecular weight is 225 g/mol. The van der Waals surface area contributed by atoms with Gasteiger partial charge in [-0.2, -0.15) is 0 Å². The molecule has 4 nitrogen and oxygen atoms in total. The van der Waals surface area contributed by atoms with Crippen LogP contribution < -0.4 is 0 Å². The van der Waals surface area contributed by atoms with E-state index in [-0.39, 0.29) is 25.5 Å². The smallest absolute Gasteiger partial charge is 0.261 e. The third-order valence-electron chi connectivity index (χ3n) is 1.67. The summed E-state index contributed by atoms with van der Waals surface area (Å²) in [5, 5.41) is 8.99. The number of aliphatic hydroxyl groups excluding tert-OH is 1. The Bertz CT molecular complexity index is 188. The summed E-state index contributed by atoms with van der Waals surface area (Å²) in [6.45, 7) is 1.13. The number of rotatable bonds is 7. The maximum Gasteiger partial charge on any atom is 0.261 e. The number of likely N-dealkylation sites (N-methyl/N-ethyl adjacent to an activating group) is 1. The zero-order valence-corrected chi connectivity index (χ0v) is 8.95. The zero-order chi connectivity index (χ0) is 11.8. The van der Waals surface area contributed by atoms with Crippen LogP contribution in [0.3, 0.4) is 0 Å². The molecule has 0 saturated carbocycles. The fourth-order valence-electron chi connectivity index (χ4n) is 1.02. The third kappa shape index (κ3) is 8.26. The standard InChI is InChI=1S/C9H17F2NO3/c1-7(13)5-12(2)9(14)3-4-15-6-8(10)11/h7-8,13H,3-6H2,1-2H3. The Morgan fingerprint density at radius 3 is 2.60 bits per heavy atom. The largest absolute Gasteiger partial charge is 0.392 e. The second-order valence-corrected chi connectivity index (χ2v) is 3.34. The van der Waals surface area contributed by atoms with E-state index in [1.165, 1.54) is 4.90 Å². The number of aliphatic hydroxyl groups is 1. The van der Waals surface area contributed by atoms with Gasteiger partial charge in [0.15, 0.2) is 0 Å². The summed E-state index contributed by atoms with van der Waals surface area (Å²) in [7, 11) is 1.54. The summed E-state index contributed by atoms with van der Waals surface area (Å²) in [6, 6.07) is 0. The van der Waals surface area contributed by atoms with E-state index in [2.05, 4.69) is 4.74 Å². The highest BCUT2D eigenvalue weighted by atomic mass is 19.3. The molecule has 0 saturated heterocycles. The SMILES string of the molecule is CC(O)CN(C)C(=O)CCOCC(F)F. The first-order valence-electron chi connectivity index (χ1n) is 4.71. The number of hydrogen-bond donors (Lipinski definition) is 1. The first-order valence-corrected chi connectivity index (χ1v) is 4.71. The molecule has 15 heavy (non-hydrogen) atoms. The second kappa shape index (κ2) is 7.53. The molecule has 6 heteroatoms. The van der Waals surface area contributed by atoms with E-state index in [0.29, 0.717) is 0 Å². The minimum absolute atomic E-state index is 0.0205. The predicted molar refractivity (Wildman–Crippen MR) is 50.8 cm³/mol. The monoisotopic (exact) mass is 225 g/mol. The lowest BCUT2D eigenvalue weighted by Gasteiger charge is -2.18. The molecule has 0 aliphatic rings. The van der Waals surface area contributed by atoms with Crippen molar-refractivity contribution in [1.29, 1.82) is 0 Å². The van der Waals surface area contributed by atoms with Gasteiger partial charge in [0, 0.05) is 13.6 Å². The molecule has 0 fully saturated rings. The van der Waals surface area contributed by atoms with Crippen LogP contribution in [0.2, 0.25) is 0 Å². The highest BCUT2D eigenvalue weighted by molar-refractivity contribution is 5.75. The number of carbonyl (C=O) groups is 1. The van der Waals surface area contributed by atoms with Gasteiger partial charge in [0.1, 0.15) is 6.61 Å². The summed E-state index contributed by atoms with van der Waals surface area (Å²) in [4.78, 5) is 12.6. The minimum Gasteiger partial charge on any atom is -0.392 e. The number of carbonyl (C=O) groups excluding carboxylic acids is 1. The lowest BCUT2D eigenvalue weighted by molar-refractivity contribution is -0.132. The quantitative estimate of drug-likeness (QED) is 0.642. The van der Waals surface area contributed by atoms with Crippen LogP contribution >= 0.6 is 0 Å². The Morgan fingerprint density at radius 2 is 2.13 bits per heavy atom. The minimum atomic E-state index is -2.50. The molecular formula is C9H17F2NO3. The van der Waals surface area contributed by atoms with E-state index in [9.17, 15) is 13.6 Å². The predicted octanol–water partition coefficient (Wildman–Crippen LogP) is 0.497. The van der Waals surface area contributed by atoms with Crippen LogP contribution in [0.5, 0.6) is 0 Å². The first kappa shape index (κ1) is 14.2. The van der Waals surface area contributed by atoms with Gasteiger partial charge in [0.2, 0.25) is 5.91 Å². The fourth-order valence-corrected chi connectivity index (χ4v) is 1.02. The van der Waals surface area contributed by atoms with Crippen LogP contribution in [0, 0.1) is 0 Å². The number of ether oxygens (including phenoxy) is 1. The molecule has 0 aliphatic carbocycles. The fraction of sp³-hybridized carbons (Fsp3) is 0.889. The summed E-state index contributed by atoms with van der Waals surface area (Å²) < 4.78 is 27.8. The molecule has 1 N–H and O–H groups in total. The van der Waals surface area contributed by atoms with E-state index in [4.69, 9.17) is 5.11 Å². The highest BCUT2D eigenvalue weighted by Gasteiger charge is 2.11. The van der Waals surface area contributed by atoms with E-state index >= 15 is 0 Å². The molecule has 1 amide bonds. The summed E-state index contributed by atoms with van der Waals surface area (Å²) in [5.74, 6) is -0.231. The van der Waals surface area contributed by atoms with Crippen LogP contribution in [-0.4, -0.2) is 55.2 Å². The second-order valence-electron chi connectivity index (χ2n) is 3.34. The molecule has 1 unspecified atom stereocenters. The summed E-state index contributed by atoms with van der Waals surface area (Å²) in [5.41, 5.74) is 0. The van der Waals surface area contributed by atoms with Crippen LogP contribution in [0.25, 0.3) is 0 Å². The molecule has 0 aromatic carbocycles. The van der Waals surface area contributed by atoms with E-state index in [1.807, 2.05) is 0 Å². The molecule has 0 aromatic rings. The molecule has 0 aromatic heterocycles. The van der Waals surface area contributed by atoms with Crippen molar-refractivity contribution in [3.63, 3.8) is 0 Å². The highest BCUT2D eigenvalue weighted by Crippen LogP contribution is 1.97. The molecule has 0 rings (SSSR count). The Labute approximate surface area is 87.8 Å². The van der Waals surface area contributed by atoms with Crippen molar-refractivity contribution in [3.05, 3.63) is 0 Å². The molecule has 0 heterocycles. The van der Waals surface area contributed by atoms with Crippen molar-refractivity contribution >= 4 is 5.91 Å². The number of halogens is 2. The summed E-state index contributed by atoms with van der Waals surface area (Å²) >= 11 is 0. The van der Waals surface area contributed by atoms with Gasteiger partial charge in [-0.1, -0.05) is 0 Å². The first-order chi connectivity index (χ1) is 6.93. The summed E-state index contributed by atoms with van der Waals surface area (Å²) in [6.07, 6.45) is -3.05. The normalized spacial score (nSPS) is 12.9. The van der Waals surface area contributed by atoms with Crippen LogP contribution in [0.15, 0.2) is 0 Å². The van der Waals surface area contributed by atoms with Crippen LogP contribution in [-0.2, 0) is 9.53 Å². The van der Waals surface area contributed by atoms with Crippen molar-refractivity contribution in [3.8, 4) is 0 Å². The average Bonchev–Trinajstić information content (AvgIpc) is 2.10. The molecular weight excluding hydrogens is 208 g/mol.